The van der Waals surface area contributed by atoms with Crippen LogP contribution in [-0.2, 0) is 0 Å². The maximum Gasteiger partial charge on any atom is 0.355 e. The summed E-state index contributed by atoms with van der Waals surface area (Å²) in [6.45, 7) is 8.80. The van der Waals surface area contributed by atoms with Gasteiger partial charge in [0.15, 0.2) is 34.7 Å². The SMILES string of the molecule is Cc1ccnc(C(C)C)c1-n1c(=O)nc(N2CCN[C@H](C)C2)c2cc(F)c(-c3c(F)c(N)c(F)c(F)c3F)nc21. The third kappa shape index (κ3) is 4.34. The van der Waals surface area contributed by atoms with Gasteiger partial charge < -0.3 is 16.0 Å². The number of aryl methyl sites for hydroxylation is 1. The Morgan fingerprint density at radius 1 is 1.07 bits per heavy atom. The van der Waals surface area contributed by atoms with Crippen LogP contribution in [-0.4, -0.2) is 45.2 Å². The minimum Gasteiger partial charge on any atom is -0.394 e. The van der Waals surface area contributed by atoms with Gasteiger partial charge in [-0.1, -0.05) is 13.8 Å². The van der Waals surface area contributed by atoms with Gasteiger partial charge >= 0.3 is 5.69 Å². The van der Waals surface area contributed by atoms with Crippen molar-refractivity contribution in [3.63, 3.8) is 0 Å². The number of anilines is 2. The molecule has 4 aromatic rings. The first-order valence-electron chi connectivity index (χ1n) is 12.6. The molecule has 0 spiro atoms. The van der Waals surface area contributed by atoms with E-state index < -0.39 is 51.7 Å². The van der Waals surface area contributed by atoms with Crippen molar-refractivity contribution in [2.45, 2.75) is 39.7 Å². The van der Waals surface area contributed by atoms with Crippen LogP contribution in [0.15, 0.2) is 23.1 Å². The van der Waals surface area contributed by atoms with Gasteiger partial charge in [0.2, 0.25) is 0 Å². The van der Waals surface area contributed by atoms with E-state index in [-0.39, 0.29) is 28.8 Å². The van der Waals surface area contributed by atoms with Crippen LogP contribution in [0, 0.1) is 36.0 Å². The quantitative estimate of drug-likeness (QED) is 0.166. The van der Waals surface area contributed by atoms with Crippen molar-refractivity contribution in [3.8, 4) is 16.9 Å². The lowest BCUT2D eigenvalue weighted by molar-refractivity contribution is 0.440. The number of nitrogens with two attached hydrogens (primary N) is 1. The first-order valence-corrected chi connectivity index (χ1v) is 12.6. The molecule has 1 saturated heterocycles. The molecule has 1 aromatic carbocycles. The van der Waals surface area contributed by atoms with E-state index in [0.29, 0.717) is 36.6 Å². The molecular weight excluding hydrogens is 533 g/mol. The highest BCUT2D eigenvalue weighted by atomic mass is 19.2. The van der Waals surface area contributed by atoms with Crippen LogP contribution in [0.5, 0.6) is 0 Å². The molecule has 4 heterocycles. The lowest BCUT2D eigenvalue weighted by Crippen LogP contribution is -2.50. The van der Waals surface area contributed by atoms with E-state index in [1.54, 1.807) is 24.1 Å². The summed E-state index contributed by atoms with van der Waals surface area (Å²) in [5.74, 6) is -9.05. The second-order valence-corrected chi connectivity index (χ2v) is 10.1. The Balaban J connectivity index is 1.93. The Kier molecular flexibility index (Phi) is 6.94. The van der Waals surface area contributed by atoms with E-state index in [2.05, 4.69) is 20.3 Å². The molecule has 1 atom stereocenters. The highest BCUT2D eigenvalue weighted by Crippen LogP contribution is 2.37. The Labute approximate surface area is 225 Å². The molecule has 40 heavy (non-hydrogen) atoms. The van der Waals surface area contributed by atoms with E-state index in [4.69, 9.17) is 5.73 Å². The number of aromatic nitrogens is 4. The summed E-state index contributed by atoms with van der Waals surface area (Å²) in [4.78, 5) is 28.4. The summed E-state index contributed by atoms with van der Waals surface area (Å²) in [5.41, 5.74) is 2.13. The van der Waals surface area contributed by atoms with Gasteiger partial charge in [-0.2, -0.15) is 4.98 Å². The summed E-state index contributed by atoms with van der Waals surface area (Å²) in [7, 11) is 0. The first-order chi connectivity index (χ1) is 18.9. The fourth-order valence-corrected chi connectivity index (χ4v) is 4.99. The molecular formula is C27H26F5N7O. The van der Waals surface area contributed by atoms with Crippen LogP contribution in [0.25, 0.3) is 28.0 Å². The van der Waals surface area contributed by atoms with E-state index in [1.807, 2.05) is 20.8 Å². The summed E-state index contributed by atoms with van der Waals surface area (Å²) in [6, 6.07) is 2.61. The topological polar surface area (TPSA) is 102 Å². The summed E-state index contributed by atoms with van der Waals surface area (Å²) >= 11 is 0. The molecule has 8 nitrogen and oxygen atoms in total. The average Bonchev–Trinajstić information content (AvgIpc) is 2.91. The van der Waals surface area contributed by atoms with Crippen LogP contribution < -0.4 is 21.6 Å². The number of rotatable bonds is 4. The number of benzene rings is 1. The second-order valence-electron chi connectivity index (χ2n) is 10.1. The van der Waals surface area contributed by atoms with E-state index >= 15 is 8.78 Å². The highest BCUT2D eigenvalue weighted by molar-refractivity contribution is 5.90. The van der Waals surface area contributed by atoms with Crippen molar-refractivity contribution in [3.05, 3.63) is 69.2 Å². The monoisotopic (exact) mass is 559 g/mol. The molecule has 0 unspecified atom stereocenters. The third-order valence-corrected chi connectivity index (χ3v) is 6.93. The van der Waals surface area contributed by atoms with Gasteiger partial charge in [0.05, 0.1) is 22.3 Å². The smallest absolute Gasteiger partial charge is 0.355 e. The van der Waals surface area contributed by atoms with Crippen LogP contribution >= 0.6 is 0 Å². The standard InChI is InChI=1S/C27H26F5N7O/c1-11(2)22-24(12(3)5-6-35-22)39-26-14(25(37-27(39)40)38-8-7-34-13(4)10-38)9-15(28)23(36-26)16-17(29)19(31)20(32)21(33)18(16)30/h5-6,9,11,13,34H,7-8,10,33H2,1-4H3/t13-/m1/s1. The Hall–Kier alpha value is -4.13. The Bertz CT molecular complexity index is 1690. The van der Waals surface area contributed by atoms with Gasteiger partial charge in [0, 0.05) is 31.9 Å². The number of hydrogen-bond acceptors (Lipinski definition) is 7. The van der Waals surface area contributed by atoms with E-state index in [1.165, 1.54) is 0 Å². The van der Waals surface area contributed by atoms with Gasteiger partial charge in [0.1, 0.15) is 17.2 Å². The molecule has 0 bridgehead atoms. The number of fused-ring (bicyclic) bond motifs is 1. The Morgan fingerprint density at radius 3 is 2.48 bits per heavy atom. The van der Waals surface area contributed by atoms with Crippen LogP contribution in [0.2, 0.25) is 0 Å². The molecule has 3 aromatic heterocycles. The number of piperazine rings is 1. The molecule has 5 rings (SSSR count). The molecule has 0 amide bonds. The van der Waals surface area contributed by atoms with Gasteiger partial charge in [-0.15, -0.1) is 0 Å². The van der Waals surface area contributed by atoms with Crippen molar-refractivity contribution < 1.29 is 22.0 Å². The van der Waals surface area contributed by atoms with Gasteiger partial charge in [-0.05, 0) is 37.5 Å². The van der Waals surface area contributed by atoms with Crippen molar-refractivity contribution in [2.24, 2.45) is 0 Å². The molecule has 210 valence electrons. The molecule has 0 radical (unpaired) electrons. The summed E-state index contributed by atoms with van der Waals surface area (Å²) in [6.07, 6.45) is 1.57. The minimum absolute atomic E-state index is 0.0200. The zero-order valence-electron chi connectivity index (χ0n) is 22.1. The van der Waals surface area contributed by atoms with Crippen molar-refractivity contribution in [1.82, 2.24) is 24.8 Å². The average molecular weight is 560 g/mol. The maximum atomic E-state index is 15.7. The zero-order valence-corrected chi connectivity index (χ0v) is 22.1. The molecule has 0 saturated carbocycles. The fourth-order valence-electron chi connectivity index (χ4n) is 4.99. The van der Waals surface area contributed by atoms with Crippen molar-refractivity contribution >= 4 is 22.5 Å². The summed E-state index contributed by atoms with van der Waals surface area (Å²) < 4.78 is 74.9. The number of nitrogens with one attached hydrogen (secondary N) is 1. The fraction of sp³-hybridized carbons (Fsp3) is 0.333. The largest absolute Gasteiger partial charge is 0.394 e. The number of pyridine rings is 2. The van der Waals surface area contributed by atoms with Gasteiger partial charge in [-0.3, -0.25) is 4.98 Å². The highest BCUT2D eigenvalue weighted by Gasteiger charge is 2.30. The van der Waals surface area contributed by atoms with E-state index in [9.17, 15) is 18.0 Å². The molecule has 1 aliphatic rings. The molecule has 0 aliphatic carbocycles. The molecule has 13 heteroatoms. The van der Waals surface area contributed by atoms with Crippen LogP contribution in [0.4, 0.5) is 33.5 Å². The predicted molar refractivity (Wildman–Crippen MR) is 141 cm³/mol. The van der Waals surface area contributed by atoms with Crippen LogP contribution in [0.3, 0.4) is 0 Å². The molecule has 3 N–H and O–H groups in total. The zero-order chi connectivity index (χ0) is 29.0. The van der Waals surface area contributed by atoms with Gasteiger partial charge in [0.25, 0.3) is 0 Å². The lowest BCUT2D eigenvalue weighted by atomic mass is 10.0. The normalized spacial score (nSPS) is 15.8. The minimum atomic E-state index is -2.08. The summed E-state index contributed by atoms with van der Waals surface area (Å²) in [5, 5.41) is 3.34. The van der Waals surface area contributed by atoms with Gasteiger partial charge in [-0.25, -0.2) is 36.3 Å². The third-order valence-electron chi connectivity index (χ3n) is 6.93. The first kappa shape index (κ1) is 27.4. The van der Waals surface area contributed by atoms with E-state index in [0.717, 1.165) is 10.6 Å². The maximum absolute atomic E-state index is 15.7. The lowest BCUT2D eigenvalue weighted by Gasteiger charge is -2.33. The number of halogens is 5. The number of nitrogen functional groups attached to an aromatic ring is 1. The molecule has 1 fully saturated rings. The second kappa shape index (κ2) is 10.1. The molecule has 1 aliphatic heterocycles. The number of nitrogens with zero attached hydrogens (tertiary/aromatic N) is 5. The van der Waals surface area contributed by atoms with Crippen LogP contribution in [0.1, 0.15) is 37.9 Å². The Morgan fingerprint density at radius 2 is 1.80 bits per heavy atom. The predicted octanol–water partition coefficient (Wildman–Crippen LogP) is 4.35. The van der Waals surface area contributed by atoms with Crippen molar-refractivity contribution in [1.29, 1.82) is 0 Å². The number of hydrogen-bond donors (Lipinski definition) is 2. The van der Waals surface area contributed by atoms with Crippen molar-refractivity contribution in [2.75, 3.05) is 30.3 Å².